The van der Waals surface area contributed by atoms with Crippen LogP contribution < -0.4 is 9.46 Å². The predicted octanol–water partition coefficient (Wildman–Crippen LogP) is 6.00. The standard InChI is InChI=1S/C25H23FN2O3S2/c1-2-18-11-13-19(14-12-18)31-15-16-33(29,30)28-23-10-6-4-8-21(23)24-17-32-25(27-24)20-7-3-5-9-22(20)26/h3-14,17,28H,2,15-16H2,1H3. The van der Waals surface area contributed by atoms with Crippen molar-refractivity contribution in [2.75, 3.05) is 17.1 Å². The first kappa shape index (κ1) is 22.9. The summed E-state index contributed by atoms with van der Waals surface area (Å²) in [5, 5.41) is 2.32. The first-order valence-corrected chi connectivity index (χ1v) is 13.0. The van der Waals surface area contributed by atoms with Gasteiger partial charge in [-0.1, -0.05) is 49.4 Å². The molecule has 0 atom stereocenters. The van der Waals surface area contributed by atoms with Gasteiger partial charge in [-0.05, 0) is 42.3 Å². The Kier molecular flexibility index (Phi) is 7.05. The number of hydrogen-bond donors (Lipinski definition) is 1. The molecule has 1 heterocycles. The Morgan fingerprint density at radius 1 is 0.970 bits per heavy atom. The SMILES string of the molecule is CCc1ccc(OCCS(=O)(=O)Nc2ccccc2-c2csc(-c3ccccc3F)n2)cc1. The van der Waals surface area contributed by atoms with E-state index in [1.165, 1.54) is 23.0 Å². The van der Waals surface area contributed by atoms with Crippen LogP contribution in [0.4, 0.5) is 10.1 Å². The molecule has 0 aliphatic heterocycles. The molecule has 1 N–H and O–H groups in total. The van der Waals surface area contributed by atoms with Crippen LogP contribution in [0.25, 0.3) is 21.8 Å². The van der Waals surface area contributed by atoms with Crippen molar-refractivity contribution in [2.24, 2.45) is 0 Å². The maximum Gasteiger partial charge on any atom is 0.236 e. The summed E-state index contributed by atoms with van der Waals surface area (Å²) < 4.78 is 47.7. The second-order valence-electron chi connectivity index (χ2n) is 7.33. The van der Waals surface area contributed by atoms with Gasteiger partial charge >= 0.3 is 0 Å². The third-order valence-electron chi connectivity index (χ3n) is 5.03. The smallest absolute Gasteiger partial charge is 0.236 e. The van der Waals surface area contributed by atoms with Gasteiger partial charge in [0.15, 0.2) is 0 Å². The van der Waals surface area contributed by atoms with Gasteiger partial charge < -0.3 is 4.74 Å². The molecule has 33 heavy (non-hydrogen) atoms. The van der Waals surface area contributed by atoms with Crippen LogP contribution in [0, 0.1) is 5.82 Å². The number of aromatic nitrogens is 1. The van der Waals surface area contributed by atoms with E-state index >= 15 is 0 Å². The topological polar surface area (TPSA) is 68.3 Å². The molecule has 8 heteroatoms. The van der Waals surface area contributed by atoms with Crippen molar-refractivity contribution in [3.8, 4) is 27.6 Å². The largest absolute Gasteiger partial charge is 0.492 e. The van der Waals surface area contributed by atoms with E-state index in [2.05, 4.69) is 16.6 Å². The van der Waals surface area contributed by atoms with Gasteiger partial charge in [0.1, 0.15) is 28.9 Å². The molecular formula is C25H23FN2O3S2. The van der Waals surface area contributed by atoms with Crippen LogP contribution in [0.15, 0.2) is 78.2 Å². The Balaban J connectivity index is 1.46. The summed E-state index contributed by atoms with van der Waals surface area (Å²) in [6, 6.07) is 21.0. The lowest BCUT2D eigenvalue weighted by Crippen LogP contribution is -2.21. The third-order valence-corrected chi connectivity index (χ3v) is 7.14. The molecule has 4 aromatic rings. The lowest BCUT2D eigenvalue weighted by molar-refractivity contribution is 0.341. The Morgan fingerprint density at radius 2 is 1.67 bits per heavy atom. The fourth-order valence-electron chi connectivity index (χ4n) is 3.26. The molecule has 0 saturated heterocycles. The molecule has 0 unspecified atom stereocenters. The normalized spacial score (nSPS) is 11.3. The van der Waals surface area contributed by atoms with Gasteiger partial charge in [-0.25, -0.2) is 17.8 Å². The second-order valence-corrected chi connectivity index (χ2v) is 10.0. The van der Waals surface area contributed by atoms with Crippen LogP contribution >= 0.6 is 11.3 Å². The molecule has 0 fully saturated rings. The van der Waals surface area contributed by atoms with Crippen LogP contribution in [-0.4, -0.2) is 25.8 Å². The van der Waals surface area contributed by atoms with Crippen molar-refractivity contribution in [1.82, 2.24) is 4.98 Å². The highest BCUT2D eigenvalue weighted by Crippen LogP contribution is 2.34. The monoisotopic (exact) mass is 482 g/mol. The maximum atomic E-state index is 14.1. The molecule has 1 aromatic heterocycles. The molecule has 4 rings (SSSR count). The van der Waals surface area contributed by atoms with Crippen molar-refractivity contribution >= 4 is 27.0 Å². The number of rotatable bonds is 9. The van der Waals surface area contributed by atoms with Gasteiger partial charge in [0.05, 0.1) is 11.4 Å². The molecule has 170 valence electrons. The molecule has 0 amide bonds. The summed E-state index contributed by atoms with van der Waals surface area (Å²) in [5.41, 5.74) is 3.21. The van der Waals surface area contributed by atoms with Crippen LogP contribution in [0.5, 0.6) is 5.75 Å². The summed E-state index contributed by atoms with van der Waals surface area (Å²) >= 11 is 1.30. The zero-order valence-corrected chi connectivity index (χ0v) is 19.6. The van der Waals surface area contributed by atoms with E-state index in [1.807, 2.05) is 24.3 Å². The number of anilines is 1. The fourth-order valence-corrected chi connectivity index (χ4v) is 5.02. The highest BCUT2D eigenvalue weighted by molar-refractivity contribution is 7.92. The minimum atomic E-state index is -3.66. The number of para-hydroxylation sites is 1. The molecule has 0 radical (unpaired) electrons. The van der Waals surface area contributed by atoms with Gasteiger partial charge in [0.2, 0.25) is 10.0 Å². The van der Waals surface area contributed by atoms with E-state index < -0.39 is 10.0 Å². The first-order chi connectivity index (χ1) is 15.9. The molecule has 3 aromatic carbocycles. The molecule has 0 spiro atoms. The van der Waals surface area contributed by atoms with Gasteiger partial charge in [-0.2, -0.15) is 0 Å². The quantitative estimate of drug-likeness (QED) is 0.318. The lowest BCUT2D eigenvalue weighted by atomic mass is 10.1. The van der Waals surface area contributed by atoms with Crippen molar-refractivity contribution in [2.45, 2.75) is 13.3 Å². The molecule has 0 aliphatic carbocycles. The van der Waals surface area contributed by atoms with Crippen molar-refractivity contribution in [1.29, 1.82) is 0 Å². The summed E-state index contributed by atoms with van der Waals surface area (Å²) in [6.07, 6.45) is 0.929. The zero-order chi connectivity index (χ0) is 23.3. The summed E-state index contributed by atoms with van der Waals surface area (Å²) in [6.45, 7) is 2.09. The van der Waals surface area contributed by atoms with Gasteiger partial charge in [0.25, 0.3) is 0 Å². The van der Waals surface area contributed by atoms with Gasteiger partial charge in [0, 0.05) is 16.5 Å². The molecule has 5 nitrogen and oxygen atoms in total. The number of halogens is 1. The maximum absolute atomic E-state index is 14.1. The number of sulfonamides is 1. The number of nitrogens with zero attached hydrogens (tertiary/aromatic N) is 1. The summed E-state index contributed by atoms with van der Waals surface area (Å²) in [4.78, 5) is 4.54. The van der Waals surface area contributed by atoms with Crippen molar-refractivity contribution < 1.29 is 17.5 Å². The first-order valence-electron chi connectivity index (χ1n) is 10.5. The number of ether oxygens (including phenoxy) is 1. The Labute approximate surface area is 197 Å². The Bertz CT molecular complexity index is 1340. The van der Waals surface area contributed by atoms with Crippen LogP contribution in [0.1, 0.15) is 12.5 Å². The Hall–Kier alpha value is -3.23. The molecule has 0 saturated carbocycles. The number of nitrogens with one attached hydrogen (secondary N) is 1. The van der Waals surface area contributed by atoms with Crippen LogP contribution in [0.2, 0.25) is 0 Å². The van der Waals surface area contributed by atoms with E-state index in [0.29, 0.717) is 33.3 Å². The molecular weight excluding hydrogens is 459 g/mol. The van der Waals surface area contributed by atoms with Gasteiger partial charge in [-0.15, -0.1) is 11.3 Å². The average molecular weight is 483 g/mol. The lowest BCUT2D eigenvalue weighted by Gasteiger charge is -2.12. The fraction of sp³-hybridized carbons (Fsp3) is 0.160. The highest BCUT2D eigenvalue weighted by Gasteiger charge is 2.17. The predicted molar refractivity (Wildman–Crippen MR) is 132 cm³/mol. The number of hydrogen-bond acceptors (Lipinski definition) is 5. The Morgan fingerprint density at radius 3 is 2.39 bits per heavy atom. The summed E-state index contributed by atoms with van der Waals surface area (Å²) in [5.74, 6) is 0.0803. The third kappa shape index (κ3) is 5.77. The zero-order valence-electron chi connectivity index (χ0n) is 18.0. The number of thiazole rings is 1. The second kappa shape index (κ2) is 10.1. The minimum absolute atomic E-state index is 0.0249. The summed E-state index contributed by atoms with van der Waals surface area (Å²) in [7, 11) is -3.66. The van der Waals surface area contributed by atoms with Crippen LogP contribution in [0.3, 0.4) is 0 Å². The number of benzene rings is 3. The van der Waals surface area contributed by atoms with Gasteiger partial charge in [-0.3, -0.25) is 4.72 Å². The van der Waals surface area contributed by atoms with E-state index in [0.717, 1.165) is 6.42 Å². The number of aryl methyl sites for hydroxylation is 1. The van der Waals surface area contributed by atoms with E-state index in [9.17, 15) is 12.8 Å². The van der Waals surface area contributed by atoms with E-state index in [-0.39, 0.29) is 18.2 Å². The highest BCUT2D eigenvalue weighted by atomic mass is 32.2. The van der Waals surface area contributed by atoms with Crippen LogP contribution in [-0.2, 0) is 16.4 Å². The van der Waals surface area contributed by atoms with Crippen molar-refractivity contribution in [3.63, 3.8) is 0 Å². The van der Waals surface area contributed by atoms with E-state index in [1.54, 1.807) is 47.8 Å². The average Bonchev–Trinajstić information content (AvgIpc) is 3.29. The van der Waals surface area contributed by atoms with Crippen molar-refractivity contribution in [3.05, 3.63) is 89.6 Å². The molecule has 0 aliphatic rings. The molecule has 0 bridgehead atoms. The minimum Gasteiger partial charge on any atom is -0.492 e. The van der Waals surface area contributed by atoms with E-state index in [4.69, 9.17) is 4.74 Å².